The molecule has 1 heterocycles. The van der Waals surface area contributed by atoms with Crippen LogP contribution in [0.1, 0.15) is 26.3 Å². The molecule has 1 amide bonds. The molecular formula is C26H37NO3Si. The van der Waals surface area contributed by atoms with Crippen molar-refractivity contribution in [3.8, 4) is 0 Å². The first-order chi connectivity index (χ1) is 14.8. The van der Waals surface area contributed by atoms with E-state index in [1.807, 2.05) is 18.2 Å². The minimum absolute atomic E-state index is 0.0355. The Kier molecular flexibility index (Phi) is 8.09. The number of ether oxygens (including phenoxy) is 2. The van der Waals surface area contributed by atoms with Gasteiger partial charge in [-0.05, 0) is 5.56 Å². The molecule has 0 bridgehead atoms. The normalized spacial score (nSPS) is 25.1. The van der Waals surface area contributed by atoms with E-state index in [2.05, 4.69) is 74.7 Å². The summed E-state index contributed by atoms with van der Waals surface area (Å²) >= 11 is 0. The monoisotopic (exact) mass is 439 g/mol. The van der Waals surface area contributed by atoms with Crippen molar-refractivity contribution >= 4 is 19.2 Å². The number of benzene rings is 2. The summed E-state index contributed by atoms with van der Waals surface area (Å²) in [5, 5.41) is 4.71. The molecule has 2 aromatic rings. The Hall–Kier alpha value is -1.95. The highest BCUT2D eigenvalue weighted by Crippen LogP contribution is 2.38. The van der Waals surface area contributed by atoms with Crippen LogP contribution in [0.2, 0.25) is 18.6 Å². The lowest BCUT2D eigenvalue weighted by molar-refractivity contribution is -0.124. The van der Waals surface area contributed by atoms with Gasteiger partial charge in [-0.25, -0.2) is 0 Å². The van der Waals surface area contributed by atoms with Gasteiger partial charge in [-0.15, -0.1) is 0 Å². The fourth-order valence-electron chi connectivity index (χ4n) is 4.96. The van der Waals surface area contributed by atoms with Gasteiger partial charge in [0.1, 0.15) is 0 Å². The van der Waals surface area contributed by atoms with Gasteiger partial charge in [0.15, 0.2) is 0 Å². The largest absolute Gasteiger partial charge is 0.377 e. The zero-order chi connectivity index (χ0) is 22.4. The number of carbonyl (C=O) groups excluding carboxylic acids is 1. The molecule has 168 valence electrons. The Bertz CT molecular complexity index is 827. The van der Waals surface area contributed by atoms with Crippen molar-refractivity contribution in [3.63, 3.8) is 0 Å². The van der Waals surface area contributed by atoms with Crippen LogP contribution in [-0.2, 0) is 20.9 Å². The number of nitrogens with one attached hydrogen (secondary N) is 1. The van der Waals surface area contributed by atoms with Crippen LogP contribution in [0.25, 0.3) is 0 Å². The molecule has 1 aliphatic rings. The van der Waals surface area contributed by atoms with E-state index in [9.17, 15) is 4.79 Å². The van der Waals surface area contributed by atoms with Crippen molar-refractivity contribution in [1.82, 2.24) is 5.32 Å². The van der Waals surface area contributed by atoms with Gasteiger partial charge in [-0.2, -0.15) is 0 Å². The maximum absolute atomic E-state index is 12.1. The van der Waals surface area contributed by atoms with Crippen molar-refractivity contribution in [2.75, 3.05) is 13.2 Å². The molecule has 0 aromatic heterocycles. The van der Waals surface area contributed by atoms with Crippen molar-refractivity contribution in [3.05, 3.63) is 66.2 Å². The van der Waals surface area contributed by atoms with Crippen LogP contribution in [0.3, 0.4) is 0 Å². The zero-order valence-corrected chi connectivity index (χ0v) is 20.5. The minimum Gasteiger partial charge on any atom is -0.377 e. The Morgan fingerprint density at radius 1 is 1.13 bits per heavy atom. The summed E-state index contributed by atoms with van der Waals surface area (Å²) in [5.41, 5.74) is 1.50. The number of hydrogen-bond acceptors (Lipinski definition) is 3. The topological polar surface area (TPSA) is 47.6 Å². The van der Waals surface area contributed by atoms with Crippen molar-refractivity contribution in [1.29, 1.82) is 0 Å². The van der Waals surface area contributed by atoms with E-state index >= 15 is 0 Å². The second-order valence-electron chi connectivity index (χ2n) is 9.56. The molecule has 0 radical (unpaired) electrons. The first-order valence-corrected chi connectivity index (χ1v) is 14.4. The van der Waals surface area contributed by atoms with E-state index in [1.165, 1.54) is 10.8 Å². The standard InChI is InChI=1S/C26H37NO3Si/c1-19(16-29-17-22-12-8-6-9-13-22)26-20(2)25(27-21(3)28)24(18-30-26)31(4,5)23-14-10-7-11-15-23/h6-15,19-20,24-26H,16-18H2,1-5H3,(H,27,28)/t19-,20-,24+,25+,26-/m0/s1. The van der Waals surface area contributed by atoms with Gasteiger partial charge < -0.3 is 14.8 Å². The van der Waals surface area contributed by atoms with Crippen molar-refractivity contribution < 1.29 is 14.3 Å². The molecule has 1 fully saturated rings. The van der Waals surface area contributed by atoms with Crippen molar-refractivity contribution in [2.24, 2.45) is 11.8 Å². The van der Waals surface area contributed by atoms with Crippen LogP contribution in [0.5, 0.6) is 0 Å². The maximum atomic E-state index is 12.1. The fraction of sp³-hybridized carbons (Fsp3) is 0.500. The molecule has 1 aliphatic heterocycles. The van der Waals surface area contributed by atoms with E-state index in [1.54, 1.807) is 6.92 Å². The Morgan fingerprint density at radius 3 is 2.35 bits per heavy atom. The molecule has 0 spiro atoms. The van der Waals surface area contributed by atoms with E-state index in [-0.39, 0.29) is 29.9 Å². The van der Waals surface area contributed by atoms with Gasteiger partial charge in [0.2, 0.25) is 5.91 Å². The summed E-state index contributed by atoms with van der Waals surface area (Å²) in [6, 6.07) is 21.1. The number of hydrogen-bond donors (Lipinski definition) is 1. The molecule has 3 rings (SSSR count). The van der Waals surface area contributed by atoms with E-state index < -0.39 is 8.07 Å². The number of rotatable bonds is 8. The predicted octanol–water partition coefficient (Wildman–Crippen LogP) is 4.36. The Balaban J connectivity index is 1.69. The third kappa shape index (κ3) is 5.85. The van der Waals surface area contributed by atoms with Gasteiger partial charge in [-0.1, -0.05) is 92.8 Å². The average molecular weight is 440 g/mol. The minimum atomic E-state index is -1.86. The molecular weight excluding hydrogens is 402 g/mol. The molecule has 5 heteroatoms. The summed E-state index contributed by atoms with van der Waals surface area (Å²) in [6.07, 6.45) is 0.0597. The smallest absolute Gasteiger partial charge is 0.217 e. The van der Waals surface area contributed by atoms with Gasteiger partial charge in [0.25, 0.3) is 0 Å². The van der Waals surface area contributed by atoms with Crippen LogP contribution < -0.4 is 10.5 Å². The summed E-state index contributed by atoms with van der Waals surface area (Å²) in [5.74, 6) is 0.499. The summed E-state index contributed by atoms with van der Waals surface area (Å²) in [6.45, 7) is 12.8. The van der Waals surface area contributed by atoms with E-state index in [0.717, 1.165) is 0 Å². The Labute approximate surface area is 188 Å². The number of amides is 1. The Morgan fingerprint density at radius 2 is 1.74 bits per heavy atom. The summed E-state index contributed by atoms with van der Waals surface area (Å²) in [4.78, 5) is 12.1. The van der Waals surface area contributed by atoms with Crippen LogP contribution >= 0.6 is 0 Å². The number of carbonyl (C=O) groups is 1. The molecule has 0 unspecified atom stereocenters. The SMILES string of the molecule is CC(=O)N[C@@H]1[C@H](C)[C@H]([C@@H](C)COCc2ccccc2)OC[C@H]1[Si](C)(C)c1ccccc1. The van der Waals surface area contributed by atoms with Gasteiger partial charge in [0, 0.05) is 36.9 Å². The highest BCUT2D eigenvalue weighted by atomic mass is 28.3. The van der Waals surface area contributed by atoms with Crippen LogP contribution in [0.15, 0.2) is 60.7 Å². The van der Waals surface area contributed by atoms with Crippen LogP contribution in [-0.4, -0.2) is 39.3 Å². The lowest BCUT2D eigenvalue weighted by Crippen LogP contribution is -2.62. The highest BCUT2D eigenvalue weighted by Gasteiger charge is 2.47. The van der Waals surface area contributed by atoms with Gasteiger partial charge in [-0.3, -0.25) is 4.79 Å². The van der Waals surface area contributed by atoms with Crippen LogP contribution in [0.4, 0.5) is 0 Å². The molecule has 5 atom stereocenters. The van der Waals surface area contributed by atoms with Gasteiger partial charge >= 0.3 is 0 Å². The highest BCUT2D eigenvalue weighted by molar-refractivity contribution is 6.91. The third-order valence-electron chi connectivity index (χ3n) is 6.85. The molecule has 1 N–H and O–H groups in total. The maximum Gasteiger partial charge on any atom is 0.217 e. The zero-order valence-electron chi connectivity index (χ0n) is 19.5. The van der Waals surface area contributed by atoms with Crippen molar-refractivity contribution in [2.45, 2.75) is 58.2 Å². The van der Waals surface area contributed by atoms with E-state index in [4.69, 9.17) is 9.47 Å². The summed E-state index contributed by atoms with van der Waals surface area (Å²) < 4.78 is 12.5. The lowest BCUT2D eigenvalue weighted by Gasteiger charge is -2.48. The fourth-order valence-corrected chi connectivity index (χ4v) is 8.24. The lowest BCUT2D eigenvalue weighted by atomic mass is 9.84. The predicted molar refractivity (Wildman–Crippen MR) is 129 cm³/mol. The van der Waals surface area contributed by atoms with E-state index in [0.29, 0.717) is 25.4 Å². The first-order valence-electron chi connectivity index (χ1n) is 11.4. The molecule has 1 saturated heterocycles. The second kappa shape index (κ2) is 10.6. The second-order valence-corrected chi connectivity index (χ2v) is 14.3. The molecule has 0 aliphatic carbocycles. The average Bonchev–Trinajstić information content (AvgIpc) is 2.76. The third-order valence-corrected chi connectivity index (χ3v) is 11.1. The summed E-state index contributed by atoms with van der Waals surface area (Å²) in [7, 11) is -1.86. The molecule has 31 heavy (non-hydrogen) atoms. The molecule has 0 saturated carbocycles. The van der Waals surface area contributed by atoms with Gasteiger partial charge in [0.05, 0.1) is 27.4 Å². The molecule has 4 nitrogen and oxygen atoms in total. The quantitative estimate of drug-likeness (QED) is 0.622. The van der Waals surface area contributed by atoms with Crippen LogP contribution in [0, 0.1) is 11.8 Å². The first kappa shape index (κ1) is 23.7. The molecule has 2 aromatic carbocycles.